The molecule has 1 N–H and O–H groups in total. The molecule has 20 heavy (non-hydrogen) atoms. The number of hydrogen-bond donors (Lipinski definition) is 1. The van der Waals surface area contributed by atoms with Gasteiger partial charge in [-0.2, -0.15) is 5.10 Å². The third-order valence-corrected chi connectivity index (χ3v) is 2.98. The summed E-state index contributed by atoms with van der Waals surface area (Å²) in [5, 5.41) is 24.2. The molecule has 1 rings (SSSR count). The molecule has 0 amide bonds. The second-order valence-corrected chi connectivity index (χ2v) is 4.78. The van der Waals surface area contributed by atoms with Gasteiger partial charge in [0.25, 0.3) is 0 Å². The van der Waals surface area contributed by atoms with E-state index in [1.807, 2.05) is 20.8 Å². The van der Waals surface area contributed by atoms with Gasteiger partial charge in [0.2, 0.25) is 5.82 Å². The number of aromatic nitrogens is 2. The third kappa shape index (κ3) is 3.25. The minimum absolute atomic E-state index is 0.0451. The van der Waals surface area contributed by atoms with Gasteiger partial charge in [0, 0.05) is 19.1 Å². The van der Waals surface area contributed by atoms with E-state index in [4.69, 9.17) is 5.11 Å². The Balaban J connectivity index is 3.29. The summed E-state index contributed by atoms with van der Waals surface area (Å²) in [6.07, 6.45) is -0.0761. The lowest BCUT2D eigenvalue weighted by molar-refractivity contribution is -0.384. The lowest BCUT2D eigenvalue weighted by Gasteiger charge is -2.23. The highest BCUT2D eigenvalue weighted by atomic mass is 16.6. The molecule has 0 aliphatic carbocycles. The van der Waals surface area contributed by atoms with Crippen molar-refractivity contribution < 1.29 is 14.8 Å². The fraction of sp³-hybridized carbons (Fsp3) is 0.667. The molecule has 8 heteroatoms. The Labute approximate surface area is 117 Å². The first-order valence-electron chi connectivity index (χ1n) is 6.49. The molecule has 0 fully saturated rings. The molecule has 0 atom stereocenters. The number of carboxylic acid groups (broad SMARTS) is 1. The molecule has 0 spiro atoms. The first-order valence-corrected chi connectivity index (χ1v) is 6.49. The molecule has 0 aliphatic heterocycles. The van der Waals surface area contributed by atoms with E-state index in [9.17, 15) is 14.9 Å². The van der Waals surface area contributed by atoms with Gasteiger partial charge in [-0.3, -0.25) is 14.9 Å². The molecule has 1 aromatic rings. The number of carbonyl (C=O) groups is 1. The van der Waals surface area contributed by atoms with E-state index in [2.05, 4.69) is 5.10 Å². The molecule has 0 bridgehead atoms. The predicted octanol–water partition coefficient (Wildman–Crippen LogP) is 1.98. The standard InChI is InChI=1S/C12H20N4O4/c1-5-14(7-6-10(17)18)12-11(16(19)20)9(4)13-15(12)8(2)3/h8H,5-7H2,1-4H3,(H,17,18). The van der Waals surface area contributed by atoms with E-state index in [1.54, 1.807) is 16.5 Å². The number of hydrogen-bond acceptors (Lipinski definition) is 5. The quantitative estimate of drug-likeness (QED) is 0.606. The molecule has 0 aliphatic rings. The Kier molecular flexibility index (Phi) is 5.06. The summed E-state index contributed by atoms with van der Waals surface area (Å²) in [6.45, 7) is 7.87. The molecular formula is C12H20N4O4. The van der Waals surface area contributed by atoms with E-state index in [-0.39, 0.29) is 24.7 Å². The van der Waals surface area contributed by atoms with E-state index in [0.717, 1.165) is 0 Å². The number of carboxylic acids is 1. The van der Waals surface area contributed by atoms with Gasteiger partial charge in [0.05, 0.1) is 11.3 Å². The Morgan fingerprint density at radius 3 is 2.55 bits per heavy atom. The third-order valence-electron chi connectivity index (χ3n) is 2.98. The van der Waals surface area contributed by atoms with Crippen LogP contribution in [0.1, 0.15) is 38.9 Å². The topological polar surface area (TPSA) is 102 Å². The summed E-state index contributed by atoms with van der Waals surface area (Å²) in [7, 11) is 0. The fourth-order valence-corrected chi connectivity index (χ4v) is 2.04. The first-order chi connectivity index (χ1) is 9.29. The van der Waals surface area contributed by atoms with Crippen LogP contribution in [0.4, 0.5) is 11.5 Å². The highest BCUT2D eigenvalue weighted by Gasteiger charge is 2.30. The molecule has 8 nitrogen and oxygen atoms in total. The van der Waals surface area contributed by atoms with Crippen molar-refractivity contribution in [2.75, 3.05) is 18.0 Å². The molecule has 0 aromatic carbocycles. The molecular weight excluding hydrogens is 264 g/mol. The van der Waals surface area contributed by atoms with E-state index >= 15 is 0 Å². The Morgan fingerprint density at radius 2 is 2.15 bits per heavy atom. The molecule has 112 valence electrons. The number of nitro groups is 1. The average molecular weight is 284 g/mol. The summed E-state index contributed by atoms with van der Waals surface area (Å²) >= 11 is 0. The number of nitrogens with zero attached hydrogens (tertiary/aromatic N) is 4. The smallest absolute Gasteiger partial charge is 0.333 e. The highest BCUT2D eigenvalue weighted by molar-refractivity contribution is 5.68. The zero-order valence-corrected chi connectivity index (χ0v) is 12.2. The van der Waals surface area contributed by atoms with Crippen LogP contribution in [0.15, 0.2) is 0 Å². The predicted molar refractivity (Wildman–Crippen MR) is 74.1 cm³/mol. The van der Waals surface area contributed by atoms with Crippen molar-refractivity contribution in [3.05, 3.63) is 15.8 Å². The van der Waals surface area contributed by atoms with E-state index in [0.29, 0.717) is 18.1 Å². The number of anilines is 1. The second kappa shape index (κ2) is 6.36. The van der Waals surface area contributed by atoms with Gasteiger partial charge in [-0.1, -0.05) is 0 Å². The summed E-state index contributed by atoms with van der Waals surface area (Å²) in [4.78, 5) is 23.2. The van der Waals surface area contributed by atoms with Crippen molar-refractivity contribution in [3.63, 3.8) is 0 Å². The Morgan fingerprint density at radius 1 is 1.55 bits per heavy atom. The summed E-state index contributed by atoms with van der Waals surface area (Å²) in [5.74, 6) is -0.551. The summed E-state index contributed by atoms with van der Waals surface area (Å²) in [5.41, 5.74) is 0.290. The zero-order chi connectivity index (χ0) is 15.4. The van der Waals surface area contributed by atoms with Crippen LogP contribution < -0.4 is 4.90 Å². The number of aliphatic carboxylic acids is 1. The van der Waals surface area contributed by atoms with Crippen LogP contribution in [-0.4, -0.2) is 38.9 Å². The van der Waals surface area contributed by atoms with Crippen molar-refractivity contribution in [1.29, 1.82) is 0 Å². The van der Waals surface area contributed by atoms with Gasteiger partial charge in [-0.05, 0) is 27.7 Å². The van der Waals surface area contributed by atoms with Crippen LogP contribution >= 0.6 is 0 Å². The van der Waals surface area contributed by atoms with Crippen LogP contribution in [0.2, 0.25) is 0 Å². The fourth-order valence-electron chi connectivity index (χ4n) is 2.04. The van der Waals surface area contributed by atoms with Crippen molar-refractivity contribution in [1.82, 2.24) is 9.78 Å². The number of rotatable bonds is 7. The van der Waals surface area contributed by atoms with Crippen LogP contribution in [0.25, 0.3) is 0 Å². The molecule has 1 aromatic heterocycles. The SMILES string of the molecule is CCN(CCC(=O)O)c1c([N+](=O)[O-])c(C)nn1C(C)C. The molecule has 0 unspecified atom stereocenters. The van der Waals surface area contributed by atoms with Crippen molar-refractivity contribution in [3.8, 4) is 0 Å². The molecule has 0 saturated heterocycles. The lowest BCUT2D eigenvalue weighted by Crippen LogP contribution is -2.29. The zero-order valence-electron chi connectivity index (χ0n) is 12.2. The van der Waals surface area contributed by atoms with Crippen LogP contribution in [0.5, 0.6) is 0 Å². The molecule has 0 radical (unpaired) electrons. The monoisotopic (exact) mass is 284 g/mol. The van der Waals surface area contributed by atoms with Gasteiger partial charge < -0.3 is 10.0 Å². The lowest BCUT2D eigenvalue weighted by atomic mass is 10.3. The van der Waals surface area contributed by atoms with Gasteiger partial charge >= 0.3 is 11.7 Å². The van der Waals surface area contributed by atoms with Crippen LogP contribution in [-0.2, 0) is 4.79 Å². The second-order valence-electron chi connectivity index (χ2n) is 4.78. The average Bonchev–Trinajstić information content (AvgIpc) is 2.67. The Hall–Kier alpha value is -2.12. The van der Waals surface area contributed by atoms with E-state index in [1.165, 1.54) is 0 Å². The van der Waals surface area contributed by atoms with Gasteiger partial charge in [-0.15, -0.1) is 0 Å². The first kappa shape index (κ1) is 15.9. The number of aryl methyl sites for hydroxylation is 1. The van der Waals surface area contributed by atoms with E-state index < -0.39 is 10.9 Å². The summed E-state index contributed by atoms with van der Waals surface area (Å²) in [6, 6.07) is -0.0451. The largest absolute Gasteiger partial charge is 0.481 e. The van der Waals surface area contributed by atoms with Crippen molar-refractivity contribution >= 4 is 17.5 Å². The normalized spacial score (nSPS) is 10.8. The molecule has 0 saturated carbocycles. The van der Waals surface area contributed by atoms with Gasteiger partial charge in [0.15, 0.2) is 0 Å². The maximum absolute atomic E-state index is 11.2. The minimum atomic E-state index is -0.932. The van der Waals surface area contributed by atoms with Crippen molar-refractivity contribution in [2.24, 2.45) is 0 Å². The summed E-state index contributed by atoms with van der Waals surface area (Å²) < 4.78 is 1.58. The van der Waals surface area contributed by atoms with Crippen LogP contribution in [0.3, 0.4) is 0 Å². The maximum atomic E-state index is 11.2. The van der Waals surface area contributed by atoms with Gasteiger partial charge in [-0.25, -0.2) is 4.68 Å². The minimum Gasteiger partial charge on any atom is -0.481 e. The van der Waals surface area contributed by atoms with Gasteiger partial charge in [0.1, 0.15) is 5.69 Å². The maximum Gasteiger partial charge on any atom is 0.333 e. The van der Waals surface area contributed by atoms with Crippen molar-refractivity contribution in [2.45, 2.75) is 40.2 Å². The molecule has 1 heterocycles. The van der Waals surface area contributed by atoms with Crippen LogP contribution in [0, 0.1) is 17.0 Å². The highest BCUT2D eigenvalue weighted by Crippen LogP contribution is 2.33. The Bertz CT molecular complexity index is 510.